The molecule has 11 heteroatoms. The highest BCUT2D eigenvalue weighted by molar-refractivity contribution is 7.89. The molecule has 0 bridgehead atoms. The Morgan fingerprint density at radius 1 is 1.00 bits per heavy atom. The lowest BCUT2D eigenvalue weighted by atomic mass is 10.1. The summed E-state index contributed by atoms with van der Waals surface area (Å²) in [5.74, 6) is 1.37. The second kappa shape index (κ2) is 9.23. The first-order valence-electron chi connectivity index (χ1n) is 9.36. The molecule has 0 N–H and O–H groups in total. The lowest BCUT2D eigenvalue weighted by Crippen LogP contribution is -2.48. The maximum atomic E-state index is 13.1. The summed E-state index contributed by atoms with van der Waals surface area (Å²) in [5, 5.41) is -0.538. The zero-order chi connectivity index (χ0) is 22.8. The number of rotatable bonds is 6. The van der Waals surface area contributed by atoms with Crippen molar-refractivity contribution in [2.75, 3.05) is 40.4 Å². The topological polar surface area (TPSA) is 59.1 Å². The number of hydrogen-bond acceptors (Lipinski definition) is 5. The van der Waals surface area contributed by atoms with E-state index in [2.05, 4.69) is 0 Å². The van der Waals surface area contributed by atoms with Crippen molar-refractivity contribution in [3.8, 4) is 11.5 Å². The van der Waals surface area contributed by atoms with Gasteiger partial charge >= 0.3 is 6.18 Å². The summed E-state index contributed by atoms with van der Waals surface area (Å²) in [5.41, 5.74) is -0.273. The van der Waals surface area contributed by atoms with E-state index in [1.165, 1.54) is 4.31 Å². The van der Waals surface area contributed by atoms with Gasteiger partial charge in [-0.15, -0.1) is 0 Å². The molecule has 1 aliphatic rings. The number of alkyl halides is 3. The zero-order valence-corrected chi connectivity index (χ0v) is 18.5. The van der Waals surface area contributed by atoms with Crippen LogP contribution in [0.15, 0.2) is 41.3 Å². The fraction of sp³-hybridized carbons (Fsp3) is 0.400. The Morgan fingerprint density at radius 2 is 1.68 bits per heavy atom. The van der Waals surface area contributed by atoms with Gasteiger partial charge in [-0.25, -0.2) is 8.42 Å². The third-order valence-electron chi connectivity index (χ3n) is 5.09. The van der Waals surface area contributed by atoms with E-state index in [9.17, 15) is 21.6 Å². The minimum atomic E-state index is -4.74. The number of nitrogens with zero attached hydrogens (tertiary/aromatic N) is 2. The van der Waals surface area contributed by atoms with Crippen LogP contribution in [0, 0.1) is 0 Å². The molecule has 0 spiro atoms. The van der Waals surface area contributed by atoms with E-state index in [4.69, 9.17) is 21.1 Å². The van der Waals surface area contributed by atoms with Gasteiger partial charge in [0.1, 0.15) is 11.5 Å². The molecule has 3 rings (SSSR count). The fourth-order valence-electron chi connectivity index (χ4n) is 3.41. The Bertz CT molecular complexity index is 1040. The molecule has 0 atom stereocenters. The molecule has 0 amide bonds. The number of piperazine rings is 1. The molecule has 170 valence electrons. The van der Waals surface area contributed by atoms with Crippen molar-refractivity contribution in [2.24, 2.45) is 0 Å². The Balaban J connectivity index is 1.72. The maximum Gasteiger partial charge on any atom is 0.417 e. The van der Waals surface area contributed by atoms with Crippen LogP contribution in [0.1, 0.15) is 11.1 Å². The summed E-state index contributed by atoms with van der Waals surface area (Å²) < 4.78 is 76.9. The molecule has 0 radical (unpaired) electrons. The Kier molecular flexibility index (Phi) is 7.04. The molecule has 1 saturated heterocycles. The standard InChI is InChI=1S/C20H22ClF3N2O4S/c1-29-15-3-6-19(30-2)14(11-15)13-25-7-9-26(10-8-25)31(27,28)16-4-5-18(21)17(12-16)20(22,23)24/h3-6,11-12H,7-10,13H2,1-2H3. The third-order valence-corrected chi connectivity index (χ3v) is 7.32. The smallest absolute Gasteiger partial charge is 0.417 e. The SMILES string of the molecule is COc1ccc(OC)c(CN2CCN(S(=O)(=O)c3ccc(Cl)c(C(F)(F)F)c3)CC2)c1. The van der Waals surface area contributed by atoms with Gasteiger partial charge in [-0.05, 0) is 36.4 Å². The molecule has 1 heterocycles. The molecule has 0 aromatic heterocycles. The van der Waals surface area contributed by atoms with E-state index < -0.39 is 31.7 Å². The summed E-state index contributed by atoms with van der Waals surface area (Å²) in [7, 11) is -0.946. The minimum Gasteiger partial charge on any atom is -0.497 e. The number of benzene rings is 2. The van der Waals surface area contributed by atoms with Crippen LogP contribution in [0.25, 0.3) is 0 Å². The van der Waals surface area contributed by atoms with Gasteiger partial charge in [-0.1, -0.05) is 11.6 Å². The number of hydrogen-bond donors (Lipinski definition) is 0. The monoisotopic (exact) mass is 478 g/mol. The quantitative estimate of drug-likeness (QED) is 0.630. The third kappa shape index (κ3) is 5.25. The van der Waals surface area contributed by atoms with E-state index in [1.807, 2.05) is 11.0 Å². The summed E-state index contributed by atoms with van der Waals surface area (Å²) in [6.45, 7) is 1.66. The highest BCUT2D eigenvalue weighted by atomic mass is 35.5. The number of methoxy groups -OCH3 is 2. The summed E-state index contributed by atoms with van der Waals surface area (Å²) in [4.78, 5) is 1.62. The van der Waals surface area contributed by atoms with Gasteiger partial charge in [0.25, 0.3) is 0 Å². The van der Waals surface area contributed by atoms with Crippen molar-refractivity contribution >= 4 is 21.6 Å². The van der Waals surface area contributed by atoms with E-state index in [-0.39, 0.29) is 13.1 Å². The van der Waals surface area contributed by atoms with Crippen LogP contribution in [0.3, 0.4) is 0 Å². The van der Waals surface area contributed by atoms with Crippen molar-refractivity contribution < 1.29 is 31.1 Å². The van der Waals surface area contributed by atoms with Crippen LogP contribution in [-0.2, 0) is 22.7 Å². The van der Waals surface area contributed by atoms with E-state index in [1.54, 1.807) is 26.4 Å². The van der Waals surface area contributed by atoms with Crippen molar-refractivity contribution in [3.63, 3.8) is 0 Å². The second-order valence-corrected chi connectivity index (χ2v) is 9.34. The van der Waals surface area contributed by atoms with Crippen LogP contribution < -0.4 is 9.47 Å². The van der Waals surface area contributed by atoms with Gasteiger partial charge in [0, 0.05) is 38.3 Å². The van der Waals surface area contributed by atoms with Crippen molar-refractivity contribution in [3.05, 3.63) is 52.5 Å². The van der Waals surface area contributed by atoms with Crippen molar-refractivity contribution in [1.82, 2.24) is 9.21 Å². The van der Waals surface area contributed by atoms with Gasteiger partial charge < -0.3 is 9.47 Å². The van der Waals surface area contributed by atoms with Crippen LogP contribution >= 0.6 is 11.6 Å². The van der Waals surface area contributed by atoms with Crippen molar-refractivity contribution in [2.45, 2.75) is 17.6 Å². The van der Waals surface area contributed by atoms with Gasteiger partial charge in [0.15, 0.2) is 0 Å². The lowest BCUT2D eigenvalue weighted by Gasteiger charge is -2.34. The molecule has 2 aromatic carbocycles. The van der Waals surface area contributed by atoms with Crippen LogP contribution in [0.4, 0.5) is 13.2 Å². The average Bonchev–Trinajstić information content (AvgIpc) is 2.73. The van der Waals surface area contributed by atoms with Gasteiger partial charge in [0.2, 0.25) is 10.0 Å². The summed E-state index contributed by atoms with van der Waals surface area (Å²) in [6.07, 6.45) is -4.74. The number of sulfonamides is 1. The summed E-state index contributed by atoms with van der Waals surface area (Å²) in [6, 6.07) is 8.09. The van der Waals surface area contributed by atoms with E-state index in [0.717, 1.165) is 17.7 Å². The molecule has 0 saturated carbocycles. The van der Waals surface area contributed by atoms with Gasteiger partial charge in [0.05, 0.1) is 29.7 Å². The van der Waals surface area contributed by atoms with Crippen LogP contribution in [-0.4, -0.2) is 58.0 Å². The highest BCUT2D eigenvalue weighted by Crippen LogP contribution is 2.36. The number of ether oxygens (including phenoxy) is 2. The molecule has 1 fully saturated rings. The molecule has 0 unspecified atom stereocenters. The molecule has 31 heavy (non-hydrogen) atoms. The van der Waals surface area contributed by atoms with Gasteiger partial charge in [-0.2, -0.15) is 17.5 Å². The largest absolute Gasteiger partial charge is 0.497 e. The molecular formula is C20H22ClF3N2O4S. The highest BCUT2D eigenvalue weighted by Gasteiger charge is 2.36. The maximum absolute atomic E-state index is 13.1. The first-order valence-corrected chi connectivity index (χ1v) is 11.2. The Morgan fingerprint density at radius 3 is 2.26 bits per heavy atom. The molecule has 1 aliphatic heterocycles. The Labute approximate surface area is 184 Å². The first-order chi connectivity index (χ1) is 14.6. The van der Waals surface area contributed by atoms with Crippen molar-refractivity contribution in [1.29, 1.82) is 0 Å². The van der Waals surface area contributed by atoms with Crippen LogP contribution in [0.5, 0.6) is 11.5 Å². The predicted octanol–water partition coefficient (Wildman–Crippen LogP) is 3.88. The van der Waals surface area contributed by atoms with E-state index in [0.29, 0.717) is 37.2 Å². The fourth-order valence-corrected chi connectivity index (χ4v) is 5.08. The minimum absolute atomic E-state index is 0.151. The number of halogens is 4. The molecule has 2 aromatic rings. The molecule has 6 nitrogen and oxygen atoms in total. The predicted molar refractivity (Wildman–Crippen MR) is 110 cm³/mol. The molecule has 0 aliphatic carbocycles. The van der Waals surface area contributed by atoms with Crippen LogP contribution in [0.2, 0.25) is 5.02 Å². The second-order valence-electron chi connectivity index (χ2n) is 7.00. The Hall–Kier alpha value is -2.01. The van der Waals surface area contributed by atoms with E-state index >= 15 is 0 Å². The first kappa shape index (κ1) is 23.6. The molecular weight excluding hydrogens is 457 g/mol. The average molecular weight is 479 g/mol. The lowest BCUT2D eigenvalue weighted by molar-refractivity contribution is -0.137. The normalized spacial score (nSPS) is 16.3. The van der Waals surface area contributed by atoms with Gasteiger partial charge in [-0.3, -0.25) is 4.90 Å². The zero-order valence-electron chi connectivity index (χ0n) is 16.9. The summed E-state index contributed by atoms with van der Waals surface area (Å²) >= 11 is 5.60.